The van der Waals surface area contributed by atoms with Crippen molar-refractivity contribution in [3.05, 3.63) is 58.1 Å². The lowest BCUT2D eigenvalue weighted by Gasteiger charge is -2.22. The molecule has 2 aromatic carbocycles. The second-order valence-corrected chi connectivity index (χ2v) is 9.55. The summed E-state index contributed by atoms with van der Waals surface area (Å²) >= 11 is 6.14. The van der Waals surface area contributed by atoms with Gasteiger partial charge in [-0.3, -0.25) is 9.59 Å². The van der Waals surface area contributed by atoms with Crippen LogP contribution < -0.4 is 10.1 Å². The predicted molar refractivity (Wildman–Crippen MR) is 124 cm³/mol. The highest BCUT2D eigenvalue weighted by Gasteiger charge is 2.42. The molecule has 3 heterocycles. The average molecular weight is 454 g/mol. The number of amides is 2. The number of fused-ring (bicyclic) bond motifs is 2. The molecule has 32 heavy (non-hydrogen) atoms. The van der Waals surface area contributed by atoms with E-state index < -0.39 is 0 Å². The van der Waals surface area contributed by atoms with Gasteiger partial charge in [0.15, 0.2) is 0 Å². The Labute approximate surface area is 193 Å². The Balaban J connectivity index is 1.11. The van der Waals surface area contributed by atoms with E-state index in [1.54, 1.807) is 6.07 Å². The summed E-state index contributed by atoms with van der Waals surface area (Å²) in [6, 6.07) is 11.4. The van der Waals surface area contributed by atoms with Crippen LogP contribution in [0.15, 0.2) is 36.4 Å². The van der Waals surface area contributed by atoms with Crippen molar-refractivity contribution in [1.29, 1.82) is 0 Å². The number of nitrogens with zero attached hydrogens (tertiary/aromatic N) is 2. The molecular formula is C25H28ClN3O3. The summed E-state index contributed by atoms with van der Waals surface area (Å²) in [7, 11) is 0. The Morgan fingerprint density at radius 1 is 1.12 bits per heavy atom. The van der Waals surface area contributed by atoms with Gasteiger partial charge in [0.25, 0.3) is 5.91 Å². The zero-order chi connectivity index (χ0) is 22.2. The largest absolute Gasteiger partial charge is 0.492 e. The number of aryl methyl sites for hydroxylation is 1. The first-order valence-electron chi connectivity index (χ1n) is 11.3. The predicted octanol–water partition coefficient (Wildman–Crippen LogP) is 3.62. The standard InChI is InChI=1S/C25H28ClN3O3/c1-16-5-6-20(11-22(16)26)27-23(30)7-9-28-12-18-14-29(15-19(18)13-28)25(31)21-4-2-3-17-8-10-32-24(17)21/h2-6,11,18-19H,7-10,12-15H2,1H3,(H,27,30). The molecule has 6 nitrogen and oxygen atoms in total. The quantitative estimate of drug-likeness (QED) is 0.751. The van der Waals surface area contributed by atoms with Crippen LogP contribution in [0.4, 0.5) is 5.69 Å². The average Bonchev–Trinajstić information content (AvgIpc) is 3.48. The van der Waals surface area contributed by atoms with Crippen molar-refractivity contribution in [1.82, 2.24) is 9.80 Å². The lowest BCUT2D eigenvalue weighted by molar-refractivity contribution is -0.116. The fourth-order valence-electron chi connectivity index (χ4n) is 5.15. The van der Waals surface area contributed by atoms with E-state index in [1.165, 1.54) is 0 Å². The maximum atomic E-state index is 13.1. The molecule has 2 saturated heterocycles. The molecule has 1 N–H and O–H groups in total. The number of para-hydroxylation sites is 1. The number of nitrogens with one attached hydrogen (secondary N) is 1. The maximum Gasteiger partial charge on any atom is 0.257 e. The van der Waals surface area contributed by atoms with Crippen LogP contribution in [0.25, 0.3) is 0 Å². The van der Waals surface area contributed by atoms with E-state index in [0.717, 1.165) is 61.7 Å². The summed E-state index contributed by atoms with van der Waals surface area (Å²) in [6.45, 7) is 6.74. The molecule has 0 bridgehead atoms. The van der Waals surface area contributed by atoms with Crippen LogP contribution in [0.3, 0.4) is 0 Å². The number of carbonyl (C=O) groups excluding carboxylic acids is 2. The number of hydrogen-bond donors (Lipinski definition) is 1. The Kier molecular flexibility index (Phi) is 5.82. The third kappa shape index (κ3) is 4.21. The van der Waals surface area contributed by atoms with Gasteiger partial charge in [-0.2, -0.15) is 0 Å². The highest BCUT2D eigenvalue weighted by molar-refractivity contribution is 6.31. The molecule has 5 rings (SSSR count). The molecule has 0 saturated carbocycles. The van der Waals surface area contributed by atoms with Gasteiger partial charge in [-0.25, -0.2) is 0 Å². The van der Waals surface area contributed by atoms with Gasteiger partial charge in [0, 0.05) is 56.3 Å². The van der Waals surface area contributed by atoms with Crippen molar-refractivity contribution in [3.63, 3.8) is 0 Å². The minimum atomic E-state index is -0.00304. The molecule has 2 amide bonds. The Morgan fingerprint density at radius 3 is 2.66 bits per heavy atom. The first-order chi connectivity index (χ1) is 15.5. The van der Waals surface area contributed by atoms with Gasteiger partial charge in [-0.15, -0.1) is 0 Å². The van der Waals surface area contributed by atoms with Crippen LogP contribution in [0.5, 0.6) is 5.75 Å². The lowest BCUT2D eigenvalue weighted by Crippen LogP contribution is -2.34. The number of ether oxygens (including phenoxy) is 1. The molecule has 0 aromatic heterocycles. The SMILES string of the molecule is Cc1ccc(NC(=O)CCN2CC3CN(C(=O)c4cccc5c4OCC5)CC3C2)cc1Cl. The molecule has 0 aliphatic carbocycles. The van der Waals surface area contributed by atoms with Crippen molar-refractivity contribution < 1.29 is 14.3 Å². The van der Waals surface area contributed by atoms with Crippen molar-refractivity contribution in [3.8, 4) is 5.75 Å². The molecule has 168 valence electrons. The Morgan fingerprint density at radius 2 is 1.91 bits per heavy atom. The van der Waals surface area contributed by atoms with Crippen LogP contribution in [0, 0.1) is 18.8 Å². The second-order valence-electron chi connectivity index (χ2n) is 9.14. The van der Waals surface area contributed by atoms with E-state index in [2.05, 4.69) is 10.2 Å². The monoisotopic (exact) mass is 453 g/mol. The number of carbonyl (C=O) groups is 2. The van der Waals surface area contributed by atoms with Crippen LogP contribution >= 0.6 is 11.6 Å². The van der Waals surface area contributed by atoms with Crippen LogP contribution in [0.1, 0.15) is 27.9 Å². The van der Waals surface area contributed by atoms with Gasteiger partial charge >= 0.3 is 0 Å². The van der Waals surface area contributed by atoms with E-state index in [0.29, 0.717) is 35.4 Å². The van der Waals surface area contributed by atoms with E-state index in [9.17, 15) is 9.59 Å². The smallest absolute Gasteiger partial charge is 0.257 e. The van der Waals surface area contributed by atoms with E-state index >= 15 is 0 Å². The number of halogens is 1. The molecule has 2 fully saturated rings. The van der Waals surface area contributed by atoms with Crippen molar-refractivity contribution >= 4 is 29.1 Å². The highest BCUT2D eigenvalue weighted by Crippen LogP contribution is 2.35. The molecule has 0 spiro atoms. The number of rotatable bonds is 5. The molecular weight excluding hydrogens is 426 g/mol. The molecule has 3 aliphatic rings. The van der Waals surface area contributed by atoms with E-state index in [1.807, 2.05) is 42.2 Å². The molecule has 3 aliphatic heterocycles. The molecule has 2 atom stereocenters. The van der Waals surface area contributed by atoms with Gasteiger partial charge in [-0.1, -0.05) is 29.8 Å². The highest BCUT2D eigenvalue weighted by atomic mass is 35.5. The third-order valence-corrected chi connectivity index (χ3v) is 7.31. The van der Waals surface area contributed by atoms with Crippen LogP contribution in [-0.4, -0.2) is 60.9 Å². The fourth-order valence-corrected chi connectivity index (χ4v) is 5.33. The second kappa shape index (κ2) is 8.75. The summed E-state index contributed by atoms with van der Waals surface area (Å²) < 4.78 is 5.73. The fraction of sp³-hybridized carbons (Fsp3) is 0.440. The zero-order valence-electron chi connectivity index (χ0n) is 18.3. The first kappa shape index (κ1) is 21.3. The maximum absolute atomic E-state index is 13.1. The van der Waals surface area contributed by atoms with Gasteiger partial charge < -0.3 is 19.9 Å². The number of benzene rings is 2. The summed E-state index contributed by atoms with van der Waals surface area (Å²) in [5, 5.41) is 3.58. The molecule has 2 aromatic rings. The van der Waals surface area contributed by atoms with Crippen molar-refractivity contribution in [2.24, 2.45) is 11.8 Å². The molecule has 2 unspecified atom stereocenters. The van der Waals surface area contributed by atoms with Gasteiger partial charge in [0.05, 0.1) is 12.2 Å². The minimum absolute atomic E-state index is 0.00304. The summed E-state index contributed by atoms with van der Waals surface area (Å²) in [6.07, 6.45) is 1.32. The van der Waals surface area contributed by atoms with Crippen molar-refractivity contribution in [2.75, 3.05) is 44.6 Å². The number of hydrogen-bond acceptors (Lipinski definition) is 4. The minimum Gasteiger partial charge on any atom is -0.492 e. The van der Waals surface area contributed by atoms with Gasteiger partial charge in [-0.05, 0) is 48.1 Å². The summed E-state index contributed by atoms with van der Waals surface area (Å²) in [5.74, 6) is 1.79. The first-order valence-corrected chi connectivity index (χ1v) is 11.7. The van der Waals surface area contributed by atoms with Crippen LogP contribution in [-0.2, 0) is 11.2 Å². The van der Waals surface area contributed by atoms with Gasteiger partial charge in [0.1, 0.15) is 5.75 Å². The lowest BCUT2D eigenvalue weighted by atomic mass is 10.0. The van der Waals surface area contributed by atoms with Crippen molar-refractivity contribution in [2.45, 2.75) is 19.8 Å². The number of likely N-dealkylation sites (tertiary alicyclic amines) is 2. The van der Waals surface area contributed by atoms with Crippen LogP contribution in [0.2, 0.25) is 5.02 Å². The van der Waals surface area contributed by atoms with Gasteiger partial charge in [0.2, 0.25) is 5.91 Å². The molecule has 0 radical (unpaired) electrons. The zero-order valence-corrected chi connectivity index (χ0v) is 19.0. The molecule has 7 heteroatoms. The third-order valence-electron chi connectivity index (χ3n) is 6.90. The summed E-state index contributed by atoms with van der Waals surface area (Å²) in [4.78, 5) is 29.8. The topological polar surface area (TPSA) is 61.9 Å². The Hall–Kier alpha value is -2.57. The van der Waals surface area contributed by atoms with E-state index in [-0.39, 0.29) is 11.8 Å². The Bertz CT molecular complexity index is 1040. The summed E-state index contributed by atoms with van der Waals surface area (Å²) in [5.41, 5.74) is 3.55. The normalized spacial score (nSPS) is 21.9. The number of anilines is 1. The van der Waals surface area contributed by atoms with E-state index in [4.69, 9.17) is 16.3 Å².